The van der Waals surface area contributed by atoms with Crippen LogP contribution >= 0.6 is 0 Å². The van der Waals surface area contributed by atoms with Gasteiger partial charge in [0.25, 0.3) is 0 Å². The van der Waals surface area contributed by atoms with Crippen molar-refractivity contribution in [2.24, 2.45) is 44.6 Å². The topological polar surface area (TPSA) is 316 Å². The molecule has 0 aliphatic carbocycles. The van der Waals surface area contributed by atoms with Gasteiger partial charge in [0.15, 0.2) is 11.9 Å². The van der Waals surface area contributed by atoms with Crippen molar-refractivity contribution in [2.75, 3.05) is 19.6 Å². The lowest BCUT2D eigenvalue weighted by Gasteiger charge is -2.30. The fourth-order valence-corrected chi connectivity index (χ4v) is 6.15. The first-order valence-corrected chi connectivity index (χ1v) is 17.6. The van der Waals surface area contributed by atoms with Gasteiger partial charge in [-0.3, -0.25) is 29.2 Å². The van der Waals surface area contributed by atoms with Crippen molar-refractivity contribution in [2.45, 2.75) is 95.4 Å². The Hall–Kier alpha value is -5.39. The van der Waals surface area contributed by atoms with E-state index in [1.54, 1.807) is 13.1 Å². The number of carbonyl (C=O) groups is 5. The van der Waals surface area contributed by atoms with Gasteiger partial charge in [-0.1, -0.05) is 38.5 Å². The van der Waals surface area contributed by atoms with Gasteiger partial charge in [0.1, 0.15) is 24.2 Å². The number of carboxylic acid groups (broad SMARTS) is 1. The Labute approximate surface area is 302 Å². The van der Waals surface area contributed by atoms with Crippen LogP contribution in [0.5, 0.6) is 0 Å². The number of nitrogens with two attached hydrogens (primary N) is 5. The Kier molecular flexibility index (Phi) is 15.7. The largest absolute Gasteiger partial charge is 0.480 e. The molecule has 0 unspecified atom stereocenters. The van der Waals surface area contributed by atoms with Crippen LogP contribution in [0.25, 0.3) is 10.9 Å². The summed E-state index contributed by atoms with van der Waals surface area (Å²) in [6, 6.07) is 2.29. The van der Waals surface area contributed by atoms with Crippen LogP contribution in [-0.4, -0.2) is 106 Å². The summed E-state index contributed by atoms with van der Waals surface area (Å²) in [6.07, 6.45) is 4.06. The number of benzene rings is 1. The van der Waals surface area contributed by atoms with Crippen LogP contribution in [0, 0.1) is 5.92 Å². The predicted molar refractivity (Wildman–Crippen MR) is 197 cm³/mol. The molecular formula is C34H54N12O6. The number of aliphatic imine (C=N–C) groups is 2. The summed E-state index contributed by atoms with van der Waals surface area (Å²) in [4.78, 5) is 79.0. The van der Waals surface area contributed by atoms with E-state index in [1.807, 2.05) is 31.2 Å². The third kappa shape index (κ3) is 11.9. The Morgan fingerprint density at radius 2 is 1.54 bits per heavy atom. The smallest absolute Gasteiger partial charge is 0.326 e. The van der Waals surface area contributed by atoms with Crippen molar-refractivity contribution in [3.63, 3.8) is 0 Å². The highest BCUT2D eigenvalue weighted by molar-refractivity contribution is 5.96. The second kappa shape index (κ2) is 19.9. The lowest BCUT2D eigenvalue weighted by Crippen LogP contribution is -2.59. The Morgan fingerprint density at radius 3 is 2.15 bits per heavy atom. The molecule has 1 aromatic heterocycles. The van der Waals surface area contributed by atoms with Crippen LogP contribution in [0.3, 0.4) is 0 Å². The van der Waals surface area contributed by atoms with Crippen molar-refractivity contribution in [1.82, 2.24) is 25.8 Å². The monoisotopic (exact) mass is 726 g/mol. The van der Waals surface area contributed by atoms with E-state index < -0.39 is 59.8 Å². The summed E-state index contributed by atoms with van der Waals surface area (Å²) < 4.78 is 0. The molecule has 18 heteroatoms. The van der Waals surface area contributed by atoms with Gasteiger partial charge in [-0.25, -0.2) is 4.79 Å². The van der Waals surface area contributed by atoms with Gasteiger partial charge < -0.3 is 59.6 Å². The van der Waals surface area contributed by atoms with E-state index >= 15 is 0 Å². The molecule has 4 amide bonds. The van der Waals surface area contributed by atoms with E-state index in [4.69, 9.17) is 28.7 Å². The molecule has 15 N–H and O–H groups in total. The molecule has 2 heterocycles. The molecular weight excluding hydrogens is 672 g/mol. The van der Waals surface area contributed by atoms with Gasteiger partial charge in [-0.05, 0) is 62.5 Å². The Bertz CT molecular complexity index is 1600. The number of fused-ring (bicyclic) bond motifs is 1. The van der Waals surface area contributed by atoms with E-state index in [2.05, 4.69) is 30.9 Å². The van der Waals surface area contributed by atoms with Crippen LogP contribution in [-0.2, 0) is 30.4 Å². The zero-order valence-electron chi connectivity index (χ0n) is 29.8. The molecule has 0 radical (unpaired) electrons. The molecule has 3 rings (SSSR count). The molecule has 1 fully saturated rings. The number of hydrogen-bond donors (Lipinski definition) is 10. The van der Waals surface area contributed by atoms with Crippen LogP contribution in [0.4, 0.5) is 0 Å². The molecule has 1 aliphatic rings. The number of para-hydroxylation sites is 1. The molecule has 1 aromatic carbocycles. The van der Waals surface area contributed by atoms with Crippen molar-refractivity contribution in [3.05, 3.63) is 36.0 Å². The number of nitrogens with one attached hydrogen (secondary N) is 4. The SMILES string of the molecule is CC[C@H](C)[C@H](NC(=O)[C@@H](N)Cc1c[nH]c2ccccc12)C(=O)N[C@@H](CCCN=C(N)N)C(=O)N[C@@H](CCCN=C(N)N)C(=O)N1CCC[C@H]1C(=O)O. The van der Waals surface area contributed by atoms with Crippen LogP contribution in [0.1, 0.15) is 64.4 Å². The van der Waals surface area contributed by atoms with Gasteiger partial charge >= 0.3 is 5.97 Å². The average Bonchev–Trinajstić information content (AvgIpc) is 3.76. The third-order valence-corrected chi connectivity index (χ3v) is 9.20. The maximum absolute atomic E-state index is 13.9. The standard InChI is InChI=1S/C34H54N12O6/c1-3-19(2)27(45-28(47)22(35)17-20-18-42-23-10-5-4-9-21(20)23)30(49)43-24(11-6-14-40-33(36)37)29(48)44-25(12-7-15-41-34(38)39)31(50)46-16-8-13-26(46)32(51)52/h4-5,9-10,18-19,22,24-27,42H,3,6-8,11-17,35H2,1-2H3,(H,43,49)(H,44,48)(H,45,47)(H,51,52)(H4,36,37,40)(H4,38,39,41)/t19-,22-,24-,25-,26-,27-/m0/s1. The van der Waals surface area contributed by atoms with Crippen molar-refractivity contribution < 1.29 is 29.1 Å². The maximum atomic E-state index is 13.9. The summed E-state index contributed by atoms with van der Waals surface area (Å²) in [7, 11) is 0. The number of guanidine groups is 2. The highest BCUT2D eigenvalue weighted by Gasteiger charge is 2.38. The van der Waals surface area contributed by atoms with Crippen LogP contribution < -0.4 is 44.6 Å². The van der Waals surface area contributed by atoms with Gasteiger partial charge in [-0.2, -0.15) is 0 Å². The first-order chi connectivity index (χ1) is 24.7. The Balaban J connectivity index is 1.80. The number of hydrogen-bond acceptors (Lipinski definition) is 8. The van der Waals surface area contributed by atoms with Crippen LogP contribution in [0.2, 0.25) is 0 Å². The molecule has 6 atom stereocenters. The highest BCUT2D eigenvalue weighted by atomic mass is 16.4. The number of likely N-dealkylation sites (tertiary alicyclic amines) is 1. The number of carboxylic acids is 1. The van der Waals surface area contributed by atoms with E-state index in [0.29, 0.717) is 19.3 Å². The minimum absolute atomic E-state index is 0.0754. The van der Waals surface area contributed by atoms with Crippen molar-refractivity contribution >= 4 is 52.4 Å². The number of carbonyl (C=O) groups excluding carboxylic acids is 4. The summed E-state index contributed by atoms with van der Waals surface area (Å²) >= 11 is 0. The van der Waals surface area contributed by atoms with Crippen molar-refractivity contribution in [3.8, 4) is 0 Å². The van der Waals surface area contributed by atoms with Gasteiger partial charge in [0.2, 0.25) is 23.6 Å². The third-order valence-electron chi connectivity index (χ3n) is 9.20. The molecule has 286 valence electrons. The fraction of sp³-hybridized carbons (Fsp3) is 0.559. The first kappa shape index (κ1) is 41.0. The van der Waals surface area contributed by atoms with Gasteiger partial charge in [0, 0.05) is 36.7 Å². The fourth-order valence-electron chi connectivity index (χ4n) is 6.15. The number of aromatic amines is 1. The minimum atomic E-state index is -1.17. The van der Waals surface area contributed by atoms with Crippen molar-refractivity contribution in [1.29, 1.82) is 0 Å². The van der Waals surface area contributed by atoms with E-state index in [0.717, 1.165) is 16.5 Å². The maximum Gasteiger partial charge on any atom is 0.326 e. The quantitative estimate of drug-likeness (QED) is 0.0435. The first-order valence-electron chi connectivity index (χ1n) is 17.6. The molecule has 1 aliphatic heterocycles. The number of aromatic nitrogens is 1. The lowest BCUT2D eigenvalue weighted by atomic mass is 9.96. The second-order valence-corrected chi connectivity index (χ2v) is 13.1. The average molecular weight is 727 g/mol. The van der Waals surface area contributed by atoms with E-state index in [9.17, 15) is 29.1 Å². The minimum Gasteiger partial charge on any atom is -0.480 e. The molecule has 0 bridgehead atoms. The number of amides is 4. The predicted octanol–water partition coefficient (Wildman–Crippen LogP) is -1.28. The summed E-state index contributed by atoms with van der Waals surface area (Å²) in [5.74, 6) is -4.17. The van der Waals surface area contributed by atoms with Gasteiger partial charge in [-0.15, -0.1) is 0 Å². The van der Waals surface area contributed by atoms with E-state index in [-0.39, 0.29) is 69.6 Å². The molecule has 0 spiro atoms. The summed E-state index contributed by atoms with van der Waals surface area (Å²) in [6.45, 7) is 4.20. The highest BCUT2D eigenvalue weighted by Crippen LogP contribution is 2.21. The normalized spacial score (nSPS) is 16.9. The van der Waals surface area contributed by atoms with Crippen LogP contribution in [0.15, 0.2) is 40.4 Å². The number of aliphatic carboxylic acids is 1. The molecule has 2 aromatic rings. The second-order valence-electron chi connectivity index (χ2n) is 13.1. The Morgan fingerprint density at radius 1 is 0.923 bits per heavy atom. The van der Waals surface area contributed by atoms with E-state index in [1.165, 1.54) is 4.90 Å². The molecule has 0 saturated carbocycles. The molecule has 52 heavy (non-hydrogen) atoms. The summed E-state index contributed by atoms with van der Waals surface area (Å²) in [5, 5.41) is 18.9. The zero-order chi connectivity index (χ0) is 38.4. The summed E-state index contributed by atoms with van der Waals surface area (Å²) in [5.41, 5.74) is 29.9. The molecule has 1 saturated heterocycles. The lowest BCUT2D eigenvalue weighted by molar-refractivity contribution is -0.149. The number of H-pyrrole nitrogens is 1. The van der Waals surface area contributed by atoms with Gasteiger partial charge in [0.05, 0.1) is 6.04 Å². The number of nitrogens with zero attached hydrogens (tertiary/aromatic N) is 3. The zero-order valence-corrected chi connectivity index (χ0v) is 29.8. The number of rotatable bonds is 20. The molecule has 18 nitrogen and oxygen atoms in total.